The average molecular weight is 469 g/mol. The van der Waals surface area contributed by atoms with E-state index in [-0.39, 0.29) is 17.2 Å². The number of ether oxygens (including phenoxy) is 2. The highest BCUT2D eigenvalue weighted by molar-refractivity contribution is 7.92. The van der Waals surface area contributed by atoms with Gasteiger partial charge >= 0.3 is 0 Å². The molecule has 1 amide bonds. The Bertz CT molecular complexity index is 1240. The van der Waals surface area contributed by atoms with E-state index in [1.807, 2.05) is 32.0 Å². The van der Waals surface area contributed by atoms with Crippen molar-refractivity contribution in [3.05, 3.63) is 77.4 Å². The van der Waals surface area contributed by atoms with Gasteiger partial charge < -0.3 is 14.8 Å². The summed E-state index contributed by atoms with van der Waals surface area (Å²) in [6.45, 7) is 3.89. The van der Waals surface area contributed by atoms with Gasteiger partial charge in [-0.25, -0.2) is 8.42 Å². The van der Waals surface area contributed by atoms with E-state index in [0.29, 0.717) is 29.3 Å². The van der Waals surface area contributed by atoms with Gasteiger partial charge in [0.15, 0.2) is 11.5 Å². The fourth-order valence-corrected chi connectivity index (χ4v) is 4.30. The molecule has 2 N–H and O–H groups in total. The van der Waals surface area contributed by atoms with E-state index in [1.54, 1.807) is 44.6 Å². The Morgan fingerprint density at radius 3 is 2.12 bits per heavy atom. The summed E-state index contributed by atoms with van der Waals surface area (Å²) in [5.74, 6) is 1.07. The second-order valence-corrected chi connectivity index (χ2v) is 9.35. The minimum absolute atomic E-state index is 0.115. The van der Waals surface area contributed by atoms with Crippen molar-refractivity contribution in [1.82, 2.24) is 0 Å². The van der Waals surface area contributed by atoms with Crippen molar-refractivity contribution in [3.8, 4) is 11.5 Å². The largest absolute Gasteiger partial charge is 0.493 e. The van der Waals surface area contributed by atoms with Gasteiger partial charge in [-0.1, -0.05) is 12.1 Å². The maximum Gasteiger partial charge on any atom is 0.261 e. The van der Waals surface area contributed by atoms with Crippen molar-refractivity contribution in [2.24, 2.45) is 0 Å². The van der Waals surface area contributed by atoms with E-state index >= 15 is 0 Å². The number of carbonyl (C=O) groups is 1. The van der Waals surface area contributed by atoms with E-state index < -0.39 is 10.0 Å². The van der Waals surface area contributed by atoms with Gasteiger partial charge in [0.2, 0.25) is 5.91 Å². The molecule has 0 aliphatic carbocycles. The van der Waals surface area contributed by atoms with Gasteiger partial charge in [-0.3, -0.25) is 9.52 Å². The molecule has 3 aromatic carbocycles. The lowest BCUT2D eigenvalue weighted by Gasteiger charge is -2.11. The summed E-state index contributed by atoms with van der Waals surface area (Å²) in [6, 6.07) is 17.0. The molecular formula is C25H28N2O5S. The summed E-state index contributed by atoms with van der Waals surface area (Å²) in [5, 5.41) is 2.80. The van der Waals surface area contributed by atoms with Crippen LogP contribution in [-0.4, -0.2) is 28.5 Å². The Morgan fingerprint density at radius 2 is 1.48 bits per heavy atom. The summed E-state index contributed by atoms with van der Waals surface area (Å²) in [5.41, 5.74) is 4.07. The van der Waals surface area contributed by atoms with E-state index in [4.69, 9.17) is 9.47 Å². The van der Waals surface area contributed by atoms with Gasteiger partial charge in [0.25, 0.3) is 10.0 Å². The zero-order valence-corrected chi connectivity index (χ0v) is 20.0. The van der Waals surface area contributed by atoms with Gasteiger partial charge in [0.05, 0.1) is 19.1 Å². The number of aryl methyl sites for hydroxylation is 3. The average Bonchev–Trinajstić information content (AvgIpc) is 2.80. The topological polar surface area (TPSA) is 93.7 Å². The molecule has 7 nitrogen and oxygen atoms in total. The molecule has 0 saturated heterocycles. The fraction of sp³-hybridized carbons (Fsp3) is 0.240. The second kappa shape index (κ2) is 10.4. The highest BCUT2D eigenvalue weighted by atomic mass is 32.2. The Labute approximate surface area is 194 Å². The number of benzene rings is 3. The summed E-state index contributed by atoms with van der Waals surface area (Å²) in [6.07, 6.45) is 0.794. The second-order valence-electron chi connectivity index (χ2n) is 7.67. The highest BCUT2D eigenvalue weighted by Crippen LogP contribution is 2.28. The molecule has 0 bridgehead atoms. The van der Waals surface area contributed by atoms with E-state index in [1.165, 1.54) is 12.1 Å². The van der Waals surface area contributed by atoms with Crippen LogP contribution in [0.1, 0.15) is 23.1 Å². The van der Waals surface area contributed by atoms with E-state index in [9.17, 15) is 13.2 Å². The Kier molecular flexibility index (Phi) is 7.60. The number of hydrogen-bond acceptors (Lipinski definition) is 5. The highest BCUT2D eigenvalue weighted by Gasteiger charge is 2.15. The molecule has 0 spiro atoms. The number of methoxy groups -OCH3 is 2. The van der Waals surface area contributed by atoms with Gasteiger partial charge in [0, 0.05) is 17.8 Å². The standard InChI is InChI=1S/C25H28N2O5S/c1-17-5-8-21(15-18(17)2)27-33(29,30)22-11-9-20(10-12-22)26-25(28)14-7-19-6-13-23(31-3)24(16-19)32-4/h5-6,8-13,15-16,27H,7,14H2,1-4H3,(H,26,28). The molecule has 3 rings (SSSR count). The Morgan fingerprint density at radius 1 is 0.818 bits per heavy atom. The van der Waals surface area contributed by atoms with Gasteiger partial charge in [-0.15, -0.1) is 0 Å². The van der Waals surface area contributed by atoms with Crippen LogP contribution in [0.5, 0.6) is 11.5 Å². The molecular weight excluding hydrogens is 440 g/mol. The van der Waals surface area contributed by atoms with Crippen LogP contribution in [0.3, 0.4) is 0 Å². The summed E-state index contributed by atoms with van der Waals surface area (Å²) in [7, 11) is -0.596. The van der Waals surface area contributed by atoms with Crippen LogP contribution in [0.15, 0.2) is 65.6 Å². The van der Waals surface area contributed by atoms with Crippen LogP contribution in [0, 0.1) is 13.8 Å². The van der Waals surface area contributed by atoms with Crippen molar-refractivity contribution in [2.75, 3.05) is 24.3 Å². The Balaban J connectivity index is 1.59. The molecule has 3 aromatic rings. The number of anilines is 2. The minimum Gasteiger partial charge on any atom is -0.493 e. The zero-order chi connectivity index (χ0) is 24.0. The van der Waals surface area contributed by atoms with Crippen molar-refractivity contribution in [1.29, 1.82) is 0 Å². The molecule has 0 saturated carbocycles. The van der Waals surface area contributed by atoms with Crippen molar-refractivity contribution in [3.63, 3.8) is 0 Å². The van der Waals surface area contributed by atoms with Crippen molar-refractivity contribution in [2.45, 2.75) is 31.6 Å². The van der Waals surface area contributed by atoms with Gasteiger partial charge in [-0.05, 0) is 85.5 Å². The number of amides is 1. The van der Waals surface area contributed by atoms with Gasteiger partial charge in [0.1, 0.15) is 0 Å². The third-order valence-electron chi connectivity index (χ3n) is 5.30. The van der Waals surface area contributed by atoms with E-state index in [0.717, 1.165) is 16.7 Å². The maximum atomic E-state index is 12.7. The number of nitrogens with one attached hydrogen (secondary N) is 2. The molecule has 0 aliphatic heterocycles. The molecule has 0 unspecified atom stereocenters. The quantitative estimate of drug-likeness (QED) is 0.475. The first-order chi connectivity index (χ1) is 15.7. The molecule has 33 heavy (non-hydrogen) atoms. The lowest BCUT2D eigenvalue weighted by atomic mass is 10.1. The molecule has 8 heteroatoms. The monoisotopic (exact) mass is 468 g/mol. The first kappa shape index (κ1) is 24.1. The van der Waals surface area contributed by atoms with Crippen LogP contribution < -0.4 is 19.5 Å². The van der Waals surface area contributed by atoms with Gasteiger partial charge in [-0.2, -0.15) is 0 Å². The molecule has 174 valence electrons. The predicted octanol–water partition coefficient (Wildman–Crippen LogP) is 4.69. The smallest absolute Gasteiger partial charge is 0.261 e. The first-order valence-electron chi connectivity index (χ1n) is 10.4. The predicted molar refractivity (Wildman–Crippen MR) is 130 cm³/mol. The number of sulfonamides is 1. The normalized spacial score (nSPS) is 11.0. The summed E-state index contributed by atoms with van der Waals surface area (Å²) in [4.78, 5) is 12.5. The van der Waals surface area contributed by atoms with Crippen LogP contribution in [0.4, 0.5) is 11.4 Å². The molecule has 0 fully saturated rings. The lowest BCUT2D eigenvalue weighted by molar-refractivity contribution is -0.116. The van der Waals surface area contributed by atoms with Crippen LogP contribution in [0.2, 0.25) is 0 Å². The fourth-order valence-electron chi connectivity index (χ4n) is 3.25. The minimum atomic E-state index is -3.73. The number of hydrogen-bond donors (Lipinski definition) is 2. The molecule has 0 radical (unpaired) electrons. The SMILES string of the molecule is COc1ccc(CCC(=O)Nc2ccc(S(=O)(=O)Nc3ccc(C)c(C)c3)cc2)cc1OC. The van der Waals surface area contributed by atoms with Crippen LogP contribution in [0.25, 0.3) is 0 Å². The molecule has 0 atom stereocenters. The zero-order valence-electron chi connectivity index (χ0n) is 19.1. The molecule has 0 aliphatic rings. The van der Waals surface area contributed by atoms with E-state index in [2.05, 4.69) is 10.0 Å². The van der Waals surface area contributed by atoms with Crippen molar-refractivity contribution < 1.29 is 22.7 Å². The number of rotatable bonds is 9. The third kappa shape index (κ3) is 6.26. The van der Waals surface area contributed by atoms with Crippen LogP contribution >= 0.6 is 0 Å². The Hall–Kier alpha value is -3.52. The maximum absolute atomic E-state index is 12.7. The lowest BCUT2D eigenvalue weighted by Crippen LogP contribution is -2.14. The van der Waals surface area contributed by atoms with Crippen molar-refractivity contribution >= 4 is 27.3 Å². The van der Waals surface area contributed by atoms with Crippen LogP contribution in [-0.2, 0) is 21.2 Å². The molecule has 0 heterocycles. The number of carbonyl (C=O) groups excluding carboxylic acids is 1. The third-order valence-corrected chi connectivity index (χ3v) is 6.69. The first-order valence-corrected chi connectivity index (χ1v) is 11.9. The summed E-state index contributed by atoms with van der Waals surface area (Å²) >= 11 is 0. The molecule has 0 aromatic heterocycles. The summed E-state index contributed by atoms with van der Waals surface area (Å²) < 4.78 is 38.4.